The van der Waals surface area contributed by atoms with Crippen molar-refractivity contribution in [1.82, 2.24) is 20.5 Å². The topological polar surface area (TPSA) is 113 Å². The number of piperidine rings is 1. The van der Waals surface area contributed by atoms with E-state index < -0.39 is 46.3 Å². The standard InChI is InChI=1S/C31H31F2N5O5S/c1-31(2,3)43-30(41)37-13-7-8-17(16-37)35-27(39)26-24-23-22(11-12-34-28(23)44-26)38(29(40)36-24)25-20(32)14-19(15-21(25)33)42-18-9-5-4-6-10-18/h4-6,9-12,14-15,17,24,26H,7-8,13,16H2,1-3H3,(H,35,39)(H,36,40)/t17-,24?,26?/m1/s1. The molecule has 230 valence electrons. The molecular formula is C31H31F2N5O5S. The molecular weight excluding hydrogens is 592 g/mol. The molecule has 0 saturated carbocycles. The van der Waals surface area contributed by atoms with Crippen molar-refractivity contribution in [3.05, 3.63) is 71.9 Å². The molecule has 3 aliphatic rings. The number of carbonyl (C=O) groups is 3. The van der Waals surface area contributed by atoms with Gasteiger partial charge in [0.2, 0.25) is 5.91 Å². The van der Waals surface area contributed by atoms with E-state index in [1.807, 2.05) is 0 Å². The van der Waals surface area contributed by atoms with Gasteiger partial charge in [-0.15, -0.1) is 0 Å². The second-order valence-electron chi connectivity index (χ2n) is 11.8. The van der Waals surface area contributed by atoms with Gasteiger partial charge in [0.05, 0.1) is 11.7 Å². The average Bonchev–Trinajstić information content (AvgIpc) is 3.33. The number of pyridine rings is 1. The van der Waals surface area contributed by atoms with Crippen LogP contribution in [0, 0.1) is 11.6 Å². The molecule has 1 fully saturated rings. The van der Waals surface area contributed by atoms with Crippen molar-refractivity contribution in [2.45, 2.75) is 61.6 Å². The quantitative estimate of drug-likeness (QED) is 0.356. The van der Waals surface area contributed by atoms with Gasteiger partial charge in [0, 0.05) is 43.0 Å². The lowest BCUT2D eigenvalue weighted by molar-refractivity contribution is -0.122. The van der Waals surface area contributed by atoms with Gasteiger partial charge >= 0.3 is 12.1 Å². The summed E-state index contributed by atoms with van der Waals surface area (Å²) >= 11 is 1.17. The molecule has 4 amide bonds. The van der Waals surface area contributed by atoms with Crippen LogP contribution >= 0.6 is 11.8 Å². The number of hydrogen-bond acceptors (Lipinski definition) is 7. The average molecular weight is 624 g/mol. The summed E-state index contributed by atoms with van der Waals surface area (Å²) in [5.41, 5.74) is -0.479. The molecule has 2 aromatic carbocycles. The van der Waals surface area contributed by atoms with Gasteiger partial charge in [0.25, 0.3) is 0 Å². The first-order chi connectivity index (χ1) is 21.0. The Balaban J connectivity index is 1.21. The Labute approximate surface area is 257 Å². The maximum atomic E-state index is 15.5. The molecule has 0 aliphatic carbocycles. The molecule has 4 heterocycles. The molecule has 3 aromatic rings. The Morgan fingerprint density at radius 2 is 1.82 bits per heavy atom. The van der Waals surface area contributed by atoms with Gasteiger partial charge in [-0.05, 0) is 51.8 Å². The number of urea groups is 1. The molecule has 2 unspecified atom stereocenters. The van der Waals surface area contributed by atoms with E-state index in [-0.39, 0.29) is 23.4 Å². The van der Waals surface area contributed by atoms with E-state index in [1.165, 1.54) is 24.0 Å². The highest BCUT2D eigenvalue weighted by molar-refractivity contribution is 8.01. The van der Waals surface area contributed by atoms with Crippen LogP contribution in [0.5, 0.6) is 11.5 Å². The number of nitrogens with zero attached hydrogens (tertiary/aromatic N) is 3. The van der Waals surface area contributed by atoms with Crippen LogP contribution in [0.4, 0.5) is 29.7 Å². The van der Waals surface area contributed by atoms with Crippen molar-refractivity contribution >= 4 is 41.2 Å². The molecule has 1 aromatic heterocycles. The Morgan fingerprint density at radius 1 is 1.09 bits per heavy atom. The highest BCUT2D eigenvalue weighted by atomic mass is 32.2. The molecule has 44 heavy (non-hydrogen) atoms. The molecule has 0 bridgehead atoms. The predicted molar refractivity (Wildman–Crippen MR) is 159 cm³/mol. The molecule has 0 radical (unpaired) electrons. The normalized spacial score (nSPS) is 20.9. The van der Waals surface area contributed by atoms with Gasteiger partial charge in [-0.2, -0.15) is 0 Å². The van der Waals surface area contributed by atoms with Crippen LogP contribution < -0.4 is 20.3 Å². The van der Waals surface area contributed by atoms with Crippen molar-refractivity contribution in [3.8, 4) is 11.5 Å². The fourth-order valence-electron chi connectivity index (χ4n) is 5.56. The van der Waals surface area contributed by atoms with Gasteiger partial charge in [0.1, 0.15) is 33.1 Å². The maximum absolute atomic E-state index is 15.5. The van der Waals surface area contributed by atoms with Gasteiger partial charge in [0.15, 0.2) is 11.6 Å². The summed E-state index contributed by atoms with van der Waals surface area (Å²) in [6, 6.07) is 10.2. The van der Waals surface area contributed by atoms with Crippen LogP contribution in [0.15, 0.2) is 59.8 Å². The molecule has 2 N–H and O–H groups in total. The van der Waals surface area contributed by atoms with E-state index in [0.29, 0.717) is 42.3 Å². The van der Waals surface area contributed by atoms with Gasteiger partial charge in [-0.25, -0.2) is 23.4 Å². The molecule has 3 atom stereocenters. The lowest BCUT2D eigenvalue weighted by Gasteiger charge is -2.36. The summed E-state index contributed by atoms with van der Waals surface area (Å²) in [6.07, 6.45) is 2.36. The largest absolute Gasteiger partial charge is 0.457 e. The van der Waals surface area contributed by atoms with Crippen LogP contribution in [-0.2, 0) is 9.53 Å². The second-order valence-corrected chi connectivity index (χ2v) is 12.9. The van der Waals surface area contributed by atoms with E-state index in [0.717, 1.165) is 17.0 Å². The van der Waals surface area contributed by atoms with Crippen LogP contribution in [0.1, 0.15) is 45.2 Å². The fourth-order valence-corrected chi connectivity index (χ4v) is 6.79. The van der Waals surface area contributed by atoms with Crippen molar-refractivity contribution < 1.29 is 32.6 Å². The zero-order valence-electron chi connectivity index (χ0n) is 24.3. The number of likely N-dealkylation sites (tertiary alicyclic amines) is 1. The SMILES string of the molecule is CC(C)(C)OC(=O)N1CCC[C@@H](NC(=O)C2Sc3nccc4c3C2NC(=O)N4c2c(F)cc(Oc3ccccc3)cc2F)C1. The zero-order chi connectivity index (χ0) is 31.2. The summed E-state index contributed by atoms with van der Waals surface area (Å²) in [7, 11) is 0. The summed E-state index contributed by atoms with van der Waals surface area (Å²) in [5, 5.41) is 5.48. The van der Waals surface area contributed by atoms with Crippen molar-refractivity contribution in [2.24, 2.45) is 0 Å². The Kier molecular flexibility index (Phi) is 7.82. The number of para-hydroxylation sites is 1. The summed E-state index contributed by atoms with van der Waals surface area (Å²) in [4.78, 5) is 46.5. The van der Waals surface area contributed by atoms with Crippen molar-refractivity contribution in [3.63, 3.8) is 0 Å². The van der Waals surface area contributed by atoms with E-state index in [9.17, 15) is 14.4 Å². The predicted octanol–water partition coefficient (Wildman–Crippen LogP) is 6.04. The Morgan fingerprint density at radius 3 is 2.52 bits per heavy atom. The summed E-state index contributed by atoms with van der Waals surface area (Å²) < 4.78 is 42.0. The highest BCUT2D eigenvalue weighted by Gasteiger charge is 2.48. The maximum Gasteiger partial charge on any atom is 0.410 e. The number of hydrogen-bond donors (Lipinski definition) is 2. The van der Waals surface area contributed by atoms with Crippen LogP contribution in [0.25, 0.3) is 0 Å². The molecule has 1 saturated heterocycles. The number of carbonyl (C=O) groups excluding carboxylic acids is 3. The van der Waals surface area contributed by atoms with Gasteiger partial charge < -0.3 is 25.0 Å². The minimum absolute atomic E-state index is 0.0644. The minimum Gasteiger partial charge on any atom is -0.457 e. The number of thioether (sulfide) groups is 1. The molecule has 13 heteroatoms. The number of nitrogens with one attached hydrogen (secondary N) is 2. The lowest BCUT2D eigenvalue weighted by atomic mass is 9.99. The van der Waals surface area contributed by atoms with E-state index >= 15 is 8.78 Å². The van der Waals surface area contributed by atoms with E-state index in [1.54, 1.807) is 56.0 Å². The molecule has 0 spiro atoms. The lowest BCUT2D eigenvalue weighted by Crippen LogP contribution is -2.54. The molecule has 3 aliphatic heterocycles. The Hall–Kier alpha value is -4.39. The zero-order valence-corrected chi connectivity index (χ0v) is 25.1. The molecule has 6 rings (SSSR count). The number of halogens is 2. The monoisotopic (exact) mass is 623 g/mol. The highest BCUT2D eigenvalue weighted by Crippen LogP contribution is 2.51. The van der Waals surface area contributed by atoms with Crippen molar-refractivity contribution in [1.29, 1.82) is 0 Å². The minimum atomic E-state index is -0.998. The smallest absolute Gasteiger partial charge is 0.410 e. The van der Waals surface area contributed by atoms with Crippen LogP contribution in [0.3, 0.4) is 0 Å². The number of rotatable bonds is 5. The first-order valence-corrected chi connectivity index (χ1v) is 15.1. The third kappa shape index (κ3) is 5.88. The number of benzene rings is 2. The van der Waals surface area contributed by atoms with E-state index in [2.05, 4.69) is 15.6 Å². The van der Waals surface area contributed by atoms with Crippen LogP contribution in [0.2, 0.25) is 0 Å². The third-order valence-electron chi connectivity index (χ3n) is 7.38. The number of anilines is 2. The van der Waals surface area contributed by atoms with E-state index in [4.69, 9.17) is 9.47 Å². The van der Waals surface area contributed by atoms with Crippen LogP contribution in [-0.4, -0.2) is 57.9 Å². The van der Waals surface area contributed by atoms with Crippen molar-refractivity contribution in [2.75, 3.05) is 18.0 Å². The number of aromatic nitrogens is 1. The number of ether oxygens (including phenoxy) is 2. The first-order valence-electron chi connectivity index (χ1n) is 14.2. The first kappa shape index (κ1) is 29.7. The molecule has 10 nitrogen and oxygen atoms in total. The summed E-state index contributed by atoms with van der Waals surface area (Å²) in [5.74, 6) is -2.00. The second kappa shape index (κ2) is 11.6. The third-order valence-corrected chi connectivity index (χ3v) is 8.67. The fraction of sp³-hybridized carbons (Fsp3) is 0.355. The van der Waals surface area contributed by atoms with Gasteiger partial charge in [-0.3, -0.25) is 9.69 Å². The Bertz CT molecular complexity index is 1600. The number of amides is 4. The summed E-state index contributed by atoms with van der Waals surface area (Å²) in [6.45, 7) is 6.21. The van der Waals surface area contributed by atoms with Gasteiger partial charge in [-0.1, -0.05) is 30.0 Å².